The molecule has 1 aromatic rings. The molecule has 160 valence electrons. The Bertz CT molecular complexity index is 920. The fourth-order valence-corrected chi connectivity index (χ4v) is 5.34. The number of thioether (sulfide) groups is 2. The van der Waals surface area contributed by atoms with Gasteiger partial charge in [-0.3, -0.25) is 14.5 Å². The van der Waals surface area contributed by atoms with Gasteiger partial charge in [-0.15, -0.1) is 11.8 Å². The number of fused-ring (bicyclic) bond motifs is 1. The van der Waals surface area contributed by atoms with Gasteiger partial charge in [0, 0.05) is 17.2 Å². The Kier molecular flexibility index (Phi) is 6.58. The normalized spacial score (nSPS) is 21.4. The Morgan fingerprint density at radius 1 is 1.33 bits per heavy atom. The van der Waals surface area contributed by atoms with Crippen molar-refractivity contribution >= 4 is 53.0 Å². The number of nitrogens with one attached hydrogen (secondary N) is 2. The smallest absolute Gasteiger partial charge is 0.352 e. The van der Waals surface area contributed by atoms with Crippen LogP contribution in [-0.2, 0) is 14.4 Å². The molecule has 2 unspecified atom stereocenters. The molecule has 0 radical (unpaired) electrons. The maximum atomic E-state index is 12.6. The maximum absolute atomic E-state index is 12.6. The number of rotatable bonds is 7. The Hall–Kier alpha value is -2.70. The summed E-state index contributed by atoms with van der Waals surface area (Å²) in [5.41, 5.74) is 12.7. The summed E-state index contributed by atoms with van der Waals surface area (Å²) in [4.78, 5) is 49.0. The second kappa shape index (κ2) is 8.98. The zero-order valence-corrected chi connectivity index (χ0v) is 17.6. The van der Waals surface area contributed by atoms with Gasteiger partial charge in [0.2, 0.25) is 5.91 Å². The number of hydrogen-bond acceptors (Lipinski definition) is 7. The molecular weight excluding hydrogens is 430 g/mol. The molecule has 30 heavy (non-hydrogen) atoms. The molecule has 2 aliphatic rings. The predicted molar refractivity (Wildman–Crippen MR) is 115 cm³/mol. The lowest BCUT2D eigenvalue weighted by Crippen LogP contribution is -2.71. The van der Waals surface area contributed by atoms with Crippen LogP contribution >= 0.6 is 23.5 Å². The molecule has 1 saturated heterocycles. The standard InChI is InChI=1S/C18H21N5O5S2/c1-29-6-9-7-30-16-12(15(25)23(16)13(9)17(26)27)22-14(24)11(19)8-2-4-10(5-3-8)21-18(20)28/h2-5,11-12,16H,6-7,19H2,1H3,(H,22,24)(H,26,27)(H3,20,21,28)/t11?,12?,16-/m0/s1. The van der Waals surface area contributed by atoms with Gasteiger partial charge in [-0.2, -0.15) is 11.8 Å². The molecule has 3 atom stereocenters. The van der Waals surface area contributed by atoms with Gasteiger partial charge in [0.25, 0.3) is 5.91 Å². The van der Waals surface area contributed by atoms with E-state index in [2.05, 4.69) is 10.6 Å². The minimum absolute atomic E-state index is 0.00503. The van der Waals surface area contributed by atoms with Crippen molar-refractivity contribution < 1.29 is 24.3 Å². The summed E-state index contributed by atoms with van der Waals surface area (Å²) in [6.45, 7) is 0. The number of hydrogen-bond donors (Lipinski definition) is 5. The predicted octanol–water partition coefficient (Wildman–Crippen LogP) is 0.279. The van der Waals surface area contributed by atoms with E-state index in [0.29, 0.717) is 28.3 Å². The van der Waals surface area contributed by atoms with E-state index in [1.807, 2.05) is 6.26 Å². The molecule has 1 aromatic carbocycles. The number of urea groups is 1. The van der Waals surface area contributed by atoms with Gasteiger partial charge in [-0.05, 0) is 29.5 Å². The van der Waals surface area contributed by atoms with E-state index in [1.54, 1.807) is 24.3 Å². The number of carboxylic acids is 1. The summed E-state index contributed by atoms with van der Waals surface area (Å²) in [5.74, 6) is -1.18. The number of carboxylic acid groups (broad SMARTS) is 1. The number of nitrogens with two attached hydrogens (primary N) is 2. The second-order valence-corrected chi connectivity index (χ2v) is 8.65. The number of β-lactam (4-membered cyclic amide) rings is 1. The van der Waals surface area contributed by atoms with Gasteiger partial charge in [0.05, 0.1) is 0 Å². The van der Waals surface area contributed by atoms with E-state index in [1.165, 1.54) is 28.4 Å². The number of carbonyl (C=O) groups is 4. The topological polar surface area (TPSA) is 168 Å². The molecule has 0 spiro atoms. The molecule has 1 fully saturated rings. The quantitative estimate of drug-likeness (QED) is 0.368. The molecular formula is C18H21N5O5S2. The number of nitrogens with zero attached hydrogens (tertiary/aromatic N) is 1. The van der Waals surface area contributed by atoms with Gasteiger partial charge in [-0.1, -0.05) is 12.1 Å². The second-order valence-electron chi connectivity index (χ2n) is 6.68. The Morgan fingerprint density at radius 3 is 2.57 bits per heavy atom. The third-order valence-electron chi connectivity index (χ3n) is 4.69. The first kappa shape index (κ1) is 22.0. The van der Waals surface area contributed by atoms with Gasteiger partial charge < -0.3 is 27.2 Å². The number of primary amides is 1. The van der Waals surface area contributed by atoms with Crippen LogP contribution in [0, 0.1) is 0 Å². The SMILES string of the molecule is CSCC1=C(C(=O)O)N2C(=O)C(NC(=O)C(N)c3ccc(NC(N)=O)cc3)[C@@H]2SC1. The first-order valence-electron chi connectivity index (χ1n) is 8.86. The van der Waals surface area contributed by atoms with Gasteiger partial charge in [0.15, 0.2) is 0 Å². The van der Waals surface area contributed by atoms with Gasteiger partial charge in [0.1, 0.15) is 23.2 Å². The highest BCUT2D eigenvalue weighted by atomic mass is 32.2. The summed E-state index contributed by atoms with van der Waals surface area (Å²) in [5, 5.41) is 14.1. The van der Waals surface area contributed by atoms with E-state index in [4.69, 9.17) is 11.5 Å². The summed E-state index contributed by atoms with van der Waals surface area (Å²) >= 11 is 2.90. The molecule has 3 rings (SSSR count). The molecule has 0 aromatic heterocycles. The van der Waals surface area contributed by atoms with Crippen LogP contribution in [0.3, 0.4) is 0 Å². The van der Waals surface area contributed by atoms with Crippen LogP contribution < -0.4 is 22.1 Å². The Labute approximate surface area is 180 Å². The third-order valence-corrected chi connectivity index (χ3v) is 6.66. The van der Waals surface area contributed by atoms with Crippen molar-refractivity contribution in [1.82, 2.24) is 10.2 Å². The first-order valence-corrected chi connectivity index (χ1v) is 11.3. The number of aliphatic carboxylic acids is 1. The van der Waals surface area contributed by atoms with Crippen molar-refractivity contribution in [3.63, 3.8) is 0 Å². The number of carbonyl (C=O) groups excluding carboxylic acids is 3. The van der Waals surface area contributed by atoms with E-state index in [9.17, 15) is 24.3 Å². The van der Waals surface area contributed by atoms with Gasteiger partial charge >= 0.3 is 12.0 Å². The van der Waals surface area contributed by atoms with Crippen LogP contribution in [-0.4, -0.2) is 63.0 Å². The summed E-state index contributed by atoms with van der Waals surface area (Å²) < 4.78 is 0. The van der Waals surface area contributed by atoms with Crippen LogP contribution in [0.25, 0.3) is 0 Å². The highest BCUT2D eigenvalue weighted by molar-refractivity contribution is 8.00. The zero-order chi connectivity index (χ0) is 22.0. The summed E-state index contributed by atoms with van der Waals surface area (Å²) in [6, 6.07) is 3.66. The summed E-state index contributed by atoms with van der Waals surface area (Å²) in [6.07, 6.45) is 1.86. The first-order chi connectivity index (χ1) is 14.2. The Balaban J connectivity index is 1.68. The van der Waals surface area contributed by atoms with Crippen molar-refractivity contribution in [3.05, 3.63) is 41.1 Å². The average Bonchev–Trinajstić information content (AvgIpc) is 2.71. The fourth-order valence-electron chi connectivity index (χ4n) is 3.28. The van der Waals surface area contributed by atoms with Crippen LogP contribution in [0.1, 0.15) is 11.6 Å². The van der Waals surface area contributed by atoms with Gasteiger partial charge in [-0.25, -0.2) is 9.59 Å². The third kappa shape index (κ3) is 4.25. The molecule has 12 heteroatoms. The molecule has 0 bridgehead atoms. The highest BCUT2D eigenvalue weighted by Crippen LogP contribution is 2.41. The van der Waals surface area contributed by atoms with Crippen LogP contribution in [0.4, 0.5) is 10.5 Å². The van der Waals surface area contributed by atoms with Crippen molar-refractivity contribution in [2.24, 2.45) is 11.5 Å². The maximum Gasteiger partial charge on any atom is 0.352 e. The average molecular weight is 452 g/mol. The van der Waals surface area contributed by atoms with Crippen LogP contribution in [0.5, 0.6) is 0 Å². The number of benzene rings is 1. The lowest BCUT2D eigenvalue weighted by atomic mass is 10.0. The molecule has 2 aliphatic heterocycles. The van der Waals surface area contributed by atoms with E-state index >= 15 is 0 Å². The van der Waals surface area contributed by atoms with Crippen molar-refractivity contribution in [1.29, 1.82) is 0 Å². The number of amides is 4. The number of anilines is 1. The Morgan fingerprint density at radius 2 is 2.00 bits per heavy atom. The van der Waals surface area contributed by atoms with Crippen LogP contribution in [0.15, 0.2) is 35.5 Å². The minimum atomic E-state index is -1.15. The summed E-state index contributed by atoms with van der Waals surface area (Å²) in [7, 11) is 0. The molecule has 4 amide bonds. The lowest BCUT2D eigenvalue weighted by molar-refractivity contribution is -0.150. The molecule has 10 nitrogen and oxygen atoms in total. The largest absolute Gasteiger partial charge is 0.477 e. The lowest BCUT2D eigenvalue weighted by Gasteiger charge is -2.49. The fraction of sp³-hybridized carbons (Fsp3) is 0.333. The molecule has 2 heterocycles. The van der Waals surface area contributed by atoms with E-state index < -0.39 is 41.3 Å². The van der Waals surface area contributed by atoms with Crippen LogP contribution in [0.2, 0.25) is 0 Å². The van der Waals surface area contributed by atoms with Crippen molar-refractivity contribution in [2.45, 2.75) is 17.5 Å². The van der Waals surface area contributed by atoms with Crippen molar-refractivity contribution in [3.8, 4) is 0 Å². The molecule has 0 saturated carbocycles. The zero-order valence-electron chi connectivity index (χ0n) is 16.0. The monoisotopic (exact) mass is 451 g/mol. The molecule has 7 N–H and O–H groups in total. The van der Waals surface area contributed by atoms with E-state index in [-0.39, 0.29) is 5.70 Å². The van der Waals surface area contributed by atoms with E-state index in [0.717, 1.165) is 0 Å². The molecule has 0 aliphatic carbocycles. The minimum Gasteiger partial charge on any atom is -0.477 e. The van der Waals surface area contributed by atoms with Crippen molar-refractivity contribution in [2.75, 3.05) is 23.1 Å². The highest BCUT2D eigenvalue weighted by Gasteiger charge is 2.54.